The summed E-state index contributed by atoms with van der Waals surface area (Å²) in [6.07, 6.45) is 0. The molecule has 1 fully saturated rings. The number of hydrogen-bond donors (Lipinski definition) is 2. The summed E-state index contributed by atoms with van der Waals surface area (Å²) >= 11 is 0. The van der Waals surface area contributed by atoms with Crippen LogP contribution >= 0.6 is 7.75 Å². The van der Waals surface area contributed by atoms with Crippen molar-refractivity contribution in [2.75, 3.05) is 7.11 Å². The zero-order chi connectivity index (χ0) is 9.52. The van der Waals surface area contributed by atoms with E-state index < -0.39 is 25.7 Å². The molecule has 0 saturated carbocycles. The first kappa shape index (κ1) is 9.67. The molecule has 0 aromatic heterocycles. The van der Waals surface area contributed by atoms with Crippen LogP contribution in [0.2, 0.25) is 0 Å². The molecule has 0 radical (unpaired) electrons. The molecule has 0 spiro atoms. The molecular weight excluding hydrogens is 183 g/mol. The SMILES string of the molecule is COP(=O)(O)N1C(=O)[C@@H](N)[C@@H]1C. The molecule has 1 rings (SSSR count). The van der Waals surface area contributed by atoms with Gasteiger partial charge in [-0.25, -0.2) is 9.24 Å². The molecule has 1 heterocycles. The second-order valence-corrected chi connectivity index (χ2v) is 4.40. The average molecular weight is 194 g/mol. The van der Waals surface area contributed by atoms with Gasteiger partial charge in [-0.15, -0.1) is 0 Å². The number of β-lactam (4-membered cyclic amide) rings is 1. The molecule has 70 valence electrons. The van der Waals surface area contributed by atoms with Crippen LogP contribution in [0, 0.1) is 0 Å². The number of nitrogens with zero attached hydrogens (tertiary/aromatic N) is 1. The predicted molar refractivity (Wildman–Crippen MR) is 41.1 cm³/mol. The van der Waals surface area contributed by atoms with E-state index in [1.165, 1.54) is 0 Å². The smallest absolute Gasteiger partial charge is 0.318 e. The van der Waals surface area contributed by atoms with E-state index in [-0.39, 0.29) is 0 Å². The second-order valence-electron chi connectivity index (χ2n) is 2.62. The fraction of sp³-hybridized carbons (Fsp3) is 0.800. The van der Waals surface area contributed by atoms with Gasteiger partial charge in [-0.05, 0) is 6.92 Å². The van der Waals surface area contributed by atoms with E-state index in [1.807, 2.05) is 0 Å². The molecule has 1 amide bonds. The van der Waals surface area contributed by atoms with Crippen molar-refractivity contribution in [3.05, 3.63) is 0 Å². The van der Waals surface area contributed by atoms with Gasteiger partial charge in [-0.3, -0.25) is 9.32 Å². The highest BCUT2D eigenvalue weighted by molar-refractivity contribution is 7.51. The summed E-state index contributed by atoms with van der Waals surface area (Å²) in [5.74, 6) is -0.546. The van der Waals surface area contributed by atoms with Crippen LogP contribution in [0.25, 0.3) is 0 Å². The van der Waals surface area contributed by atoms with Crippen LogP contribution in [-0.4, -0.2) is 34.7 Å². The van der Waals surface area contributed by atoms with Crippen molar-refractivity contribution in [3.63, 3.8) is 0 Å². The summed E-state index contributed by atoms with van der Waals surface area (Å²) in [6.45, 7) is 1.59. The molecule has 0 aromatic rings. The largest absolute Gasteiger partial charge is 0.435 e. The zero-order valence-electron chi connectivity index (χ0n) is 6.80. The molecule has 3 N–H and O–H groups in total. The van der Waals surface area contributed by atoms with Gasteiger partial charge in [0.1, 0.15) is 6.04 Å². The Hall–Kier alpha value is -0.420. The number of carbonyl (C=O) groups excluding carboxylic acids is 1. The summed E-state index contributed by atoms with van der Waals surface area (Å²) in [5, 5.41) is 0. The lowest BCUT2D eigenvalue weighted by molar-refractivity contribution is -0.141. The predicted octanol–water partition coefficient (Wildman–Crippen LogP) is -0.709. The van der Waals surface area contributed by atoms with E-state index in [2.05, 4.69) is 4.52 Å². The molecule has 0 bridgehead atoms. The quantitative estimate of drug-likeness (QED) is 0.447. The van der Waals surface area contributed by atoms with Gasteiger partial charge in [-0.1, -0.05) is 0 Å². The Labute approximate surface area is 69.9 Å². The van der Waals surface area contributed by atoms with Gasteiger partial charge >= 0.3 is 7.75 Å². The summed E-state index contributed by atoms with van der Waals surface area (Å²) in [7, 11) is -2.85. The van der Waals surface area contributed by atoms with Crippen LogP contribution < -0.4 is 5.73 Å². The van der Waals surface area contributed by atoms with Crippen molar-refractivity contribution in [2.45, 2.75) is 19.0 Å². The van der Waals surface area contributed by atoms with Crippen molar-refractivity contribution in [2.24, 2.45) is 5.73 Å². The van der Waals surface area contributed by atoms with Crippen LogP contribution in [0.1, 0.15) is 6.92 Å². The summed E-state index contributed by atoms with van der Waals surface area (Å²) in [6, 6.07) is -1.12. The summed E-state index contributed by atoms with van der Waals surface area (Å²) in [5.41, 5.74) is 5.33. The minimum atomic E-state index is -3.92. The molecule has 1 aliphatic heterocycles. The maximum absolute atomic E-state index is 11.1. The molecule has 1 aliphatic rings. The third kappa shape index (κ3) is 1.17. The number of carbonyl (C=O) groups is 1. The molecule has 12 heavy (non-hydrogen) atoms. The summed E-state index contributed by atoms with van der Waals surface area (Å²) < 4.78 is 16.2. The minimum Gasteiger partial charge on any atom is -0.318 e. The molecule has 6 nitrogen and oxygen atoms in total. The Morgan fingerprint density at radius 1 is 1.75 bits per heavy atom. The number of nitrogens with two attached hydrogens (primary N) is 1. The molecule has 0 aromatic carbocycles. The molecular formula is C5H11N2O4P. The van der Waals surface area contributed by atoms with Crippen LogP contribution in [0.3, 0.4) is 0 Å². The number of hydrogen-bond acceptors (Lipinski definition) is 4. The number of rotatable bonds is 2. The molecule has 7 heteroatoms. The standard InChI is InChI=1S/C5H11N2O4P/c1-3-4(6)5(8)7(3)12(9,10)11-2/h3-4H,6H2,1-2H3,(H,9,10)/t3-,4-/m0/s1. The Kier molecular flexibility index (Phi) is 2.27. The highest BCUT2D eigenvalue weighted by Gasteiger charge is 2.51. The van der Waals surface area contributed by atoms with E-state index in [9.17, 15) is 9.36 Å². The van der Waals surface area contributed by atoms with Crippen LogP contribution in [-0.2, 0) is 13.9 Å². The Balaban J connectivity index is 2.80. The normalized spacial score (nSPS) is 34.3. The molecule has 3 atom stereocenters. The van der Waals surface area contributed by atoms with Gasteiger partial charge in [0.05, 0.1) is 6.04 Å². The Bertz CT molecular complexity index is 256. The Morgan fingerprint density at radius 3 is 2.58 bits per heavy atom. The van der Waals surface area contributed by atoms with Gasteiger partial charge in [0, 0.05) is 7.11 Å². The van der Waals surface area contributed by atoms with Gasteiger partial charge in [-0.2, -0.15) is 0 Å². The van der Waals surface area contributed by atoms with Gasteiger partial charge in [0.2, 0.25) is 0 Å². The topological polar surface area (TPSA) is 92.9 Å². The average Bonchev–Trinajstić information content (AvgIpc) is 2.04. The van der Waals surface area contributed by atoms with Crippen molar-refractivity contribution in [1.82, 2.24) is 4.67 Å². The maximum Gasteiger partial charge on any atom is 0.435 e. The third-order valence-corrected chi connectivity index (χ3v) is 3.51. The van der Waals surface area contributed by atoms with E-state index in [0.29, 0.717) is 0 Å². The van der Waals surface area contributed by atoms with Crippen LogP contribution in [0.4, 0.5) is 0 Å². The zero-order valence-corrected chi connectivity index (χ0v) is 7.69. The van der Waals surface area contributed by atoms with E-state index in [1.54, 1.807) is 6.92 Å². The van der Waals surface area contributed by atoms with Crippen molar-refractivity contribution >= 4 is 13.7 Å². The number of amides is 1. The summed E-state index contributed by atoms with van der Waals surface area (Å²) in [4.78, 5) is 20.1. The molecule has 1 saturated heterocycles. The maximum atomic E-state index is 11.1. The van der Waals surface area contributed by atoms with E-state index in [0.717, 1.165) is 11.8 Å². The lowest BCUT2D eigenvalue weighted by Gasteiger charge is -2.43. The third-order valence-electron chi connectivity index (χ3n) is 1.93. The lowest BCUT2D eigenvalue weighted by Crippen LogP contribution is -2.65. The van der Waals surface area contributed by atoms with E-state index >= 15 is 0 Å². The van der Waals surface area contributed by atoms with Crippen LogP contribution in [0.5, 0.6) is 0 Å². The van der Waals surface area contributed by atoms with Gasteiger partial charge in [0.15, 0.2) is 0 Å². The monoisotopic (exact) mass is 194 g/mol. The highest BCUT2D eigenvalue weighted by Crippen LogP contribution is 2.51. The molecule has 0 aliphatic carbocycles. The van der Waals surface area contributed by atoms with Crippen molar-refractivity contribution in [1.29, 1.82) is 0 Å². The second kappa shape index (κ2) is 2.81. The minimum absolute atomic E-state index is 0.437. The lowest BCUT2D eigenvalue weighted by atomic mass is 10.0. The van der Waals surface area contributed by atoms with Crippen molar-refractivity contribution in [3.8, 4) is 0 Å². The van der Waals surface area contributed by atoms with Crippen molar-refractivity contribution < 1.29 is 18.8 Å². The Morgan fingerprint density at radius 2 is 2.25 bits per heavy atom. The first-order valence-corrected chi connectivity index (χ1v) is 4.92. The highest BCUT2D eigenvalue weighted by atomic mass is 31.2. The fourth-order valence-electron chi connectivity index (χ4n) is 1.07. The first-order valence-electron chi connectivity index (χ1n) is 3.39. The van der Waals surface area contributed by atoms with Crippen LogP contribution in [0.15, 0.2) is 0 Å². The van der Waals surface area contributed by atoms with E-state index in [4.69, 9.17) is 10.6 Å². The molecule has 1 unspecified atom stereocenters. The first-order chi connectivity index (χ1) is 5.41. The fourth-order valence-corrected chi connectivity index (χ4v) is 2.23. The van der Waals surface area contributed by atoms with Gasteiger partial charge in [0.25, 0.3) is 5.91 Å². The van der Waals surface area contributed by atoms with Gasteiger partial charge < -0.3 is 10.6 Å².